The molecule has 5 nitrogen and oxygen atoms in total. The highest BCUT2D eigenvalue weighted by molar-refractivity contribution is 7.18. The number of amides is 1. The topological polar surface area (TPSA) is 74.5 Å². The third-order valence-corrected chi connectivity index (χ3v) is 3.33. The lowest BCUT2D eigenvalue weighted by molar-refractivity contribution is 0.187. The third kappa shape index (κ3) is 1.77. The van der Waals surface area contributed by atoms with Crippen LogP contribution < -0.4 is 5.32 Å². The number of nitrogens with one attached hydrogen (secondary N) is 1. The lowest BCUT2D eigenvalue weighted by Gasteiger charge is -2.03. The number of methoxy groups -OCH3 is 1. The molecule has 0 aliphatic carbocycles. The molecule has 82 valence electrons. The zero-order valence-corrected chi connectivity index (χ0v) is 9.43. The average molecular weight is 235 g/mol. The first-order valence-corrected chi connectivity index (χ1v) is 5.48. The zero-order chi connectivity index (χ0) is 11.5. The highest BCUT2D eigenvalue weighted by Gasteiger charge is 2.20. The summed E-state index contributed by atoms with van der Waals surface area (Å²) in [4.78, 5) is 16.2. The minimum atomic E-state index is -0.563. The lowest BCUT2D eigenvalue weighted by atomic mass is 10.1. The van der Waals surface area contributed by atoms with Crippen LogP contribution in [0.4, 0.5) is 9.80 Å². The van der Waals surface area contributed by atoms with Gasteiger partial charge in [-0.25, -0.2) is 4.79 Å². The molecule has 0 saturated heterocycles. The van der Waals surface area contributed by atoms with Gasteiger partial charge in [0.2, 0.25) is 0 Å². The van der Waals surface area contributed by atoms with Gasteiger partial charge in [-0.15, -0.1) is 11.3 Å². The van der Waals surface area contributed by atoms with Crippen molar-refractivity contribution in [2.45, 2.75) is 6.42 Å². The van der Waals surface area contributed by atoms with Crippen molar-refractivity contribution in [1.29, 1.82) is 5.26 Å². The Kier molecular flexibility index (Phi) is 2.88. The molecule has 2 rings (SSSR count). The maximum Gasteiger partial charge on any atom is 0.411 e. The van der Waals surface area contributed by atoms with Crippen molar-refractivity contribution in [3.8, 4) is 6.07 Å². The van der Waals surface area contributed by atoms with Crippen LogP contribution in [0.1, 0.15) is 16.0 Å². The van der Waals surface area contributed by atoms with Gasteiger partial charge in [0.1, 0.15) is 11.1 Å². The summed E-state index contributed by atoms with van der Waals surface area (Å²) in [5.74, 6) is 0. The van der Waals surface area contributed by atoms with Gasteiger partial charge < -0.3 is 4.74 Å². The van der Waals surface area contributed by atoms with E-state index in [1.54, 1.807) is 6.21 Å². The van der Waals surface area contributed by atoms with Crippen LogP contribution in [-0.2, 0) is 11.2 Å². The van der Waals surface area contributed by atoms with E-state index in [-0.39, 0.29) is 0 Å². The largest absolute Gasteiger partial charge is 0.453 e. The van der Waals surface area contributed by atoms with Gasteiger partial charge in [0, 0.05) is 12.8 Å². The Balaban J connectivity index is 2.39. The molecule has 0 unspecified atom stereocenters. The van der Waals surface area contributed by atoms with E-state index < -0.39 is 6.09 Å². The minimum Gasteiger partial charge on any atom is -0.453 e. The molecule has 0 bridgehead atoms. The maximum atomic E-state index is 11.1. The zero-order valence-electron chi connectivity index (χ0n) is 8.61. The molecule has 0 atom stereocenters. The molecule has 16 heavy (non-hydrogen) atoms. The van der Waals surface area contributed by atoms with Crippen LogP contribution in [0.25, 0.3) is 0 Å². The highest BCUT2D eigenvalue weighted by atomic mass is 32.1. The van der Waals surface area contributed by atoms with Gasteiger partial charge in [-0.05, 0) is 12.0 Å². The first-order chi connectivity index (χ1) is 7.76. The number of fused-ring (bicyclic) bond motifs is 1. The highest BCUT2D eigenvalue weighted by Crippen LogP contribution is 2.33. The van der Waals surface area contributed by atoms with Crippen LogP contribution in [0.5, 0.6) is 0 Å². The summed E-state index contributed by atoms with van der Waals surface area (Å²) in [6, 6.07) is 2.11. The second-order valence-corrected chi connectivity index (χ2v) is 4.21. The van der Waals surface area contributed by atoms with E-state index in [1.165, 1.54) is 18.4 Å². The van der Waals surface area contributed by atoms with Crippen LogP contribution in [0, 0.1) is 11.3 Å². The van der Waals surface area contributed by atoms with E-state index in [0.29, 0.717) is 17.1 Å². The predicted octanol–water partition coefficient (Wildman–Crippen LogP) is 1.77. The summed E-state index contributed by atoms with van der Waals surface area (Å²) >= 11 is 1.35. The van der Waals surface area contributed by atoms with E-state index in [2.05, 4.69) is 21.1 Å². The van der Waals surface area contributed by atoms with Crippen molar-refractivity contribution in [2.24, 2.45) is 4.99 Å². The van der Waals surface area contributed by atoms with Gasteiger partial charge in [0.15, 0.2) is 0 Å². The number of carbonyl (C=O) groups excluding carboxylic acids is 1. The predicted molar refractivity (Wildman–Crippen MR) is 61.2 cm³/mol. The molecule has 0 spiro atoms. The SMILES string of the molecule is COC(=O)Nc1sc2c(c1C#N)CCN=C2. The van der Waals surface area contributed by atoms with Crippen molar-refractivity contribution >= 4 is 28.6 Å². The van der Waals surface area contributed by atoms with Crippen molar-refractivity contribution in [3.63, 3.8) is 0 Å². The van der Waals surface area contributed by atoms with Crippen LogP contribution in [0.3, 0.4) is 0 Å². The second-order valence-electron chi connectivity index (χ2n) is 3.16. The lowest BCUT2D eigenvalue weighted by Crippen LogP contribution is -2.10. The number of anilines is 1. The van der Waals surface area contributed by atoms with Gasteiger partial charge in [0.05, 0.1) is 17.6 Å². The van der Waals surface area contributed by atoms with Crippen LogP contribution in [0.2, 0.25) is 0 Å². The maximum absolute atomic E-state index is 11.1. The first-order valence-electron chi connectivity index (χ1n) is 4.67. The monoisotopic (exact) mass is 235 g/mol. The van der Waals surface area contributed by atoms with E-state index >= 15 is 0 Å². The number of rotatable bonds is 1. The number of thiophene rings is 1. The number of ether oxygens (including phenoxy) is 1. The quantitative estimate of drug-likeness (QED) is 0.806. The summed E-state index contributed by atoms with van der Waals surface area (Å²) in [5, 5.41) is 12.1. The Morgan fingerprint density at radius 2 is 2.56 bits per heavy atom. The van der Waals surface area contributed by atoms with E-state index in [4.69, 9.17) is 5.26 Å². The standard InChI is InChI=1S/C10H9N3O2S/c1-15-10(14)13-9-7(4-11)6-2-3-12-5-8(6)16-9/h5H,2-3H2,1H3,(H,13,14). The van der Waals surface area contributed by atoms with Crippen LogP contribution in [-0.4, -0.2) is 26.0 Å². The molecule has 0 radical (unpaired) electrons. The van der Waals surface area contributed by atoms with Gasteiger partial charge >= 0.3 is 6.09 Å². The number of hydrogen-bond acceptors (Lipinski definition) is 5. The Hall–Kier alpha value is -1.87. The Morgan fingerprint density at radius 1 is 1.75 bits per heavy atom. The van der Waals surface area contributed by atoms with Gasteiger partial charge in [-0.2, -0.15) is 5.26 Å². The molecule has 1 N–H and O–H groups in total. The molecule has 1 aliphatic rings. The van der Waals surface area contributed by atoms with Crippen molar-refractivity contribution in [3.05, 3.63) is 16.0 Å². The summed E-state index contributed by atoms with van der Waals surface area (Å²) < 4.78 is 4.50. The minimum absolute atomic E-state index is 0.525. The Morgan fingerprint density at radius 3 is 3.25 bits per heavy atom. The normalized spacial score (nSPS) is 12.8. The van der Waals surface area contributed by atoms with Crippen molar-refractivity contribution in [2.75, 3.05) is 19.0 Å². The molecule has 6 heteroatoms. The Bertz CT molecular complexity index is 499. The summed E-state index contributed by atoms with van der Waals surface area (Å²) in [5.41, 5.74) is 1.49. The van der Waals surface area contributed by atoms with Gasteiger partial charge in [-0.3, -0.25) is 10.3 Å². The summed E-state index contributed by atoms with van der Waals surface area (Å²) in [6.45, 7) is 0.691. The average Bonchev–Trinajstić information content (AvgIpc) is 2.65. The van der Waals surface area contributed by atoms with Crippen molar-refractivity contribution in [1.82, 2.24) is 0 Å². The summed E-state index contributed by atoms with van der Waals surface area (Å²) in [7, 11) is 1.29. The molecule has 1 amide bonds. The van der Waals surface area contributed by atoms with Crippen LogP contribution >= 0.6 is 11.3 Å². The third-order valence-electron chi connectivity index (χ3n) is 2.25. The number of nitrogens with zero attached hydrogens (tertiary/aromatic N) is 2. The Labute approximate surface area is 96.4 Å². The smallest absolute Gasteiger partial charge is 0.411 e. The van der Waals surface area contributed by atoms with Gasteiger partial charge in [0.25, 0.3) is 0 Å². The first kappa shape index (κ1) is 10.6. The fraction of sp³-hybridized carbons (Fsp3) is 0.300. The van der Waals surface area contributed by atoms with Crippen molar-refractivity contribution < 1.29 is 9.53 Å². The fourth-order valence-electron chi connectivity index (χ4n) is 1.51. The van der Waals surface area contributed by atoms with E-state index in [1.807, 2.05) is 0 Å². The molecule has 0 aromatic carbocycles. The van der Waals surface area contributed by atoms with Gasteiger partial charge in [-0.1, -0.05) is 0 Å². The van der Waals surface area contributed by atoms with E-state index in [0.717, 1.165) is 16.9 Å². The molecule has 1 aliphatic heterocycles. The molecule has 2 heterocycles. The molecule has 1 aromatic rings. The number of nitriles is 1. The molecule has 0 fully saturated rings. The fourth-order valence-corrected chi connectivity index (χ4v) is 2.59. The van der Waals surface area contributed by atoms with E-state index in [9.17, 15) is 4.79 Å². The van der Waals surface area contributed by atoms with Crippen LogP contribution in [0.15, 0.2) is 4.99 Å². The molecule has 0 saturated carbocycles. The second kappa shape index (κ2) is 4.33. The molecular formula is C10H9N3O2S. The summed E-state index contributed by atoms with van der Waals surface area (Å²) in [6.07, 6.45) is 1.92. The number of carbonyl (C=O) groups is 1. The molecular weight excluding hydrogens is 226 g/mol. The number of hydrogen-bond donors (Lipinski definition) is 1. The molecule has 1 aromatic heterocycles. The number of aliphatic imine (C=N–C) groups is 1.